The monoisotopic (exact) mass is 433 g/mol. The zero-order chi connectivity index (χ0) is 22.7. The summed E-state index contributed by atoms with van der Waals surface area (Å²) in [7, 11) is 1.79. The SMILES string of the molecule is COC1CC(c2cccc(C)c2C)C=C2C(=NCCC(N)O)CC(C3=CCC=CC3)=NC21. The smallest absolute Gasteiger partial charge is 0.104 e. The fourth-order valence-electron chi connectivity index (χ4n) is 4.99. The number of methoxy groups -OCH3 is 1. The van der Waals surface area contributed by atoms with E-state index in [1.807, 2.05) is 0 Å². The van der Waals surface area contributed by atoms with E-state index in [1.54, 1.807) is 7.11 Å². The second kappa shape index (κ2) is 10.1. The molecule has 32 heavy (non-hydrogen) atoms. The van der Waals surface area contributed by atoms with Crippen molar-refractivity contribution < 1.29 is 9.84 Å². The first kappa shape index (κ1) is 22.8. The molecule has 1 aliphatic heterocycles. The highest BCUT2D eigenvalue weighted by molar-refractivity contribution is 6.20. The highest BCUT2D eigenvalue weighted by Gasteiger charge is 2.38. The first-order valence-corrected chi connectivity index (χ1v) is 11.7. The van der Waals surface area contributed by atoms with E-state index in [-0.39, 0.29) is 18.1 Å². The van der Waals surface area contributed by atoms with Crippen molar-refractivity contribution in [1.82, 2.24) is 0 Å². The van der Waals surface area contributed by atoms with Gasteiger partial charge in [0.15, 0.2) is 0 Å². The standard InChI is InChI=1S/C27H35N3O2/c1-17-8-7-11-21(18(17)2)20-14-22-24(29-13-12-26(28)31)16-23(19-9-5-4-6-10-19)30-27(22)25(15-20)32-3/h4-5,7-8,10-11,14,20,25-27,31H,6,9,12-13,15-16,28H2,1-3H3. The molecule has 0 saturated carbocycles. The maximum absolute atomic E-state index is 9.53. The van der Waals surface area contributed by atoms with Crippen LogP contribution in [0.2, 0.25) is 0 Å². The summed E-state index contributed by atoms with van der Waals surface area (Å²) in [4.78, 5) is 10.1. The first-order valence-electron chi connectivity index (χ1n) is 11.7. The van der Waals surface area contributed by atoms with Crippen molar-refractivity contribution in [3.05, 3.63) is 70.3 Å². The zero-order valence-electron chi connectivity index (χ0n) is 19.4. The number of rotatable bonds is 6. The van der Waals surface area contributed by atoms with Crippen LogP contribution in [0.5, 0.6) is 0 Å². The fraction of sp³-hybridized carbons (Fsp3) is 0.481. The van der Waals surface area contributed by atoms with Gasteiger partial charge in [-0.25, -0.2) is 0 Å². The number of aryl methyl sites for hydroxylation is 1. The summed E-state index contributed by atoms with van der Waals surface area (Å²) in [5, 5.41) is 9.53. The summed E-state index contributed by atoms with van der Waals surface area (Å²) in [5.74, 6) is 0.268. The van der Waals surface area contributed by atoms with Crippen LogP contribution < -0.4 is 5.73 Å². The number of ether oxygens (including phenoxy) is 1. The van der Waals surface area contributed by atoms with E-state index in [2.05, 4.69) is 56.4 Å². The van der Waals surface area contributed by atoms with E-state index >= 15 is 0 Å². The molecule has 5 heteroatoms. The predicted octanol–water partition coefficient (Wildman–Crippen LogP) is 4.33. The van der Waals surface area contributed by atoms with Crippen LogP contribution in [0.4, 0.5) is 0 Å². The highest BCUT2D eigenvalue weighted by Crippen LogP contribution is 2.39. The van der Waals surface area contributed by atoms with Gasteiger partial charge in [0.1, 0.15) is 12.3 Å². The minimum atomic E-state index is -0.840. The maximum Gasteiger partial charge on any atom is 0.104 e. The van der Waals surface area contributed by atoms with E-state index in [9.17, 15) is 5.11 Å². The number of aliphatic hydroxyl groups excluding tert-OH is 1. The number of nitrogens with two attached hydrogens (primary N) is 1. The topological polar surface area (TPSA) is 80.2 Å². The van der Waals surface area contributed by atoms with Gasteiger partial charge in [0.05, 0.1) is 6.10 Å². The minimum Gasteiger partial charge on any atom is -0.379 e. The molecule has 0 radical (unpaired) electrons. The Balaban J connectivity index is 1.75. The third kappa shape index (κ3) is 4.85. The number of fused-ring (bicyclic) bond motifs is 1. The maximum atomic E-state index is 9.53. The van der Waals surface area contributed by atoms with E-state index in [0.717, 1.165) is 37.1 Å². The van der Waals surface area contributed by atoms with Gasteiger partial charge in [-0.05, 0) is 60.9 Å². The molecular formula is C27H35N3O2. The number of aliphatic hydroxyl groups is 1. The van der Waals surface area contributed by atoms with E-state index < -0.39 is 6.23 Å². The first-order chi connectivity index (χ1) is 15.5. The summed E-state index contributed by atoms with van der Waals surface area (Å²) in [5.41, 5.74) is 14.2. The summed E-state index contributed by atoms with van der Waals surface area (Å²) < 4.78 is 6.01. The molecule has 0 aromatic heterocycles. The van der Waals surface area contributed by atoms with Gasteiger partial charge in [0.2, 0.25) is 0 Å². The van der Waals surface area contributed by atoms with Crippen LogP contribution >= 0.6 is 0 Å². The molecule has 0 bridgehead atoms. The van der Waals surface area contributed by atoms with Crippen LogP contribution in [0, 0.1) is 13.8 Å². The Labute approximate surface area is 191 Å². The molecule has 0 amide bonds. The Morgan fingerprint density at radius 3 is 2.84 bits per heavy atom. The molecule has 5 nitrogen and oxygen atoms in total. The Kier molecular flexibility index (Phi) is 7.19. The van der Waals surface area contributed by atoms with Gasteiger partial charge in [-0.3, -0.25) is 9.98 Å². The van der Waals surface area contributed by atoms with Gasteiger partial charge < -0.3 is 15.6 Å². The van der Waals surface area contributed by atoms with Gasteiger partial charge in [-0.2, -0.15) is 0 Å². The van der Waals surface area contributed by atoms with E-state index in [1.165, 1.54) is 27.8 Å². The minimum absolute atomic E-state index is 0.000226. The van der Waals surface area contributed by atoms with Crippen LogP contribution in [0.1, 0.15) is 54.7 Å². The van der Waals surface area contributed by atoms with Gasteiger partial charge in [0.25, 0.3) is 0 Å². The Morgan fingerprint density at radius 2 is 2.12 bits per heavy atom. The summed E-state index contributed by atoms with van der Waals surface area (Å²) >= 11 is 0. The third-order valence-corrected chi connectivity index (χ3v) is 6.95. The Hall–Kier alpha value is -2.34. The van der Waals surface area contributed by atoms with Gasteiger partial charge in [0, 0.05) is 43.8 Å². The lowest BCUT2D eigenvalue weighted by atomic mass is 9.75. The lowest BCUT2D eigenvalue weighted by Crippen LogP contribution is -2.41. The normalized spacial score (nSPS) is 27.5. The third-order valence-electron chi connectivity index (χ3n) is 6.95. The summed E-state index contributed by atoms with van der Waals surface area (Å²) in [6.45, 7) is 4.88. The molecule has 170 valence electrons. The van der Waals surface area contributed by atoms with Crippen LogP contribution in [0.15, 0.2) is 63.6 Å². The van der Waals surface area contributed by atoms with Crippen LogP contribution in [0.25, 0.3) is 0 Å². The number of benzene rings is 1. The average molecular weight is 434 g/mol. The molecule has 4 unspecified atom stereocenters. The second-order valence-electron chi connectivity index (χ2n) is 9.05. The molecule has 4 rings (SSSR count). The van der Waals surface area contributed by atoms with Crippen molar-refractivity contribution in [3.8, 4) is 0 Å². The van der Waals surface area contributed by atoms with Gasteiger partial charge in [-0.15, -0.1) is 0 Å². The van der Waals surface area contributed by atoms with E-state index in [0.29, 0.717) is 13.0 Å². The molecule has 1 aromatic carbocycles. The molecule has 1 heterocycles. The van der Waals surface area contributed by atoms with Crippen molar-refractivity contribution in [2.45, 2.75) is 70.2 Å². The second-order valence-corrected chi connectivity index (χ2v) is 9.05. The van der Waals surface area contributed by atoms with E-state index in [4.69, 9.17) is 20.5 Å². The van der Waals surface area contributed by atoms with Crippen molar-refractivity contribution >= 4 is 11.4 Å². The number of allylic oxidation sites excluding steroid dienone is 5. The van der Waals surface area contributed by atoms with Gasteiger partial charge >= 0.3 is 0 Å². The Bertz CT molecular complexity index is 1000. The molecule has 0 saturated heterocycles. The van der Waals surface area contributed by atoms with Gasteiger partial charge in [-0.1, -0.05) is 42.5 Å². The number of aliphatic imine (C=N–C) groups is 2. The molecule has 3 N–H and O–H groups in total. The number of hydrogen-bond donors (Lipinski definition) is 2. The molecule has 3 aliphatic rings. The summed E-state index contributed by atoms with van der Waals surface area (Å²) in [6.07, 6.45) is 12.2. The van der Waals surface area contributed by atoms with Crippen molar-refractivity contribution in [3.63, 3.8) is 0 Å². The Morgan fingerprint density at radius 1 is 1.28 bits per heavy atom. The molecular weight excluding hydrogens is 398 g/mol. The highest BCUT2D eigenvalue weighted by atomic mass is 16.5. The van der Waals surface area contributed by atoms with Crippen LogP contribution in [-0.2, 0) is 4.74 Å². The van der Waals surface area contributed by atoms with Crippen molar-refractivity contribution in [2.24, 2.45) is 15.7 Å². The van der Waals surface area contributed by atoms with Crippen LogP contribution in [0.3, 0.4) is 0 Å². The zero-order valence-corrected chi connectivity index (χ0v) is 19.4. The largest absolute Gasteiger partial charge is 0.379 e. The van der Waals surface area contributed by atoms with Crippen LogP contribution in [-0.4, -0.2) is 48.6 Å². The molecule has 2 aliphatic carbocycles. The quantitative estimate of drug-likeness (QED) is 0.518. The predicted molar refractivity (Wildman–Crippen MR) is 132 cm³/mol. The summed E-state index contributed by atoms with van der Waals surface area (Å²) in [6, 6.07) is 6.50. The lowest BCUT2D eigenvalue weighted by molar-refractivity contribution is 0.0762. The molecule has 1 aromatic rings. The number of nitrogens with zero attached hydrogens (tertiary/aromatic N) is 2. The van der Waals surface area contributed by atoms with Crippen molar-refractivity contribution in [2.75, 3.05) is 13.7 Å². The number of hydrogen-bond acceptors (Lipinski definition) is 5. The van der Waals surface area contributed by atoms with Crippen molar-refractivity contribution in [1.29, 1.82) is 0 Å². The average Bonchev–Trinajstić information content (AvgIpc) is 2.80. The fourth-order valence-corrected chi connectivity index (χ4v) is 4.99. The molecule has 0 fully saturated rings. The lowest BCUT2D eigenvalue weighted by Gasteiger charge is -2.38. The molecule has 0 spiro atoms. The molecule has 4 atom stereocenters.